The number of aryl methyl sites for hydroxylation is 1. The largest absolute Gasteiger partial charge is 0.465 e. The SMILES string of the molecule is COC(=O)c1cccc(NC(=O)c2ccc(C)s2)c1. The van der Waals surface area contributed by atoms with Gasteiger partial charge in [0, 0.05) is 10.6 Å². The fourth-order valence-corrected chi connectivity index (χ4v) is 2.35. The van der Waals surface area contributed by atoms with Gasteiger partial charge in [-0.1, -0.05) is 6.07 Å². The summed E-state index contributed by atoms with van der Waals surface area (Å²) in [7, 11) is 1.32. The van der Waals surface area contributed by atoms with Gasteiger partial charge in [-0.25, -0.2) is 4.79 Å². The summed E-state index contributed by atoms with van der Waals surface area (Å²) >= 11 is 1.43. The number of rotatable bonds is 3. The van der Waals surface area contributed by atoms with Gasteiger partial charge < -0.3 is 10.1 Å². The first-order valence-corrected chi connectivity index (χ1v) is 6.48. The lowest BCUT2D eigenvalue weighted by molar-refractivity contribution is 0.0600. The van der Waals surface area contributed by atoms with E-state index in [1.54, 1.807) is 30.3 Å². The van der Waals surface area contributed by atoms with E-state index < -0.39 is 5.97 Å². The van der Waals surface area contributed by atoms with E-state index in [1.807, 2.05) is 13.0 Å². The first kappa shape index (κ1) is 13.3. The first-order chi connectivity index (χ1) is 9.10. The van der Waals surface area contributed by atoms with Gasteiger partial charge in [-0.05, 0) is 37.3 Å². The van der Waals surface area contributed by atoms with Crippen LogP contribution in [0.15, 0.2) is 36.4 Å². The van der Waals surface area contributed by atoms with Gasteiger partial charge in [-0.2, -0.15) is 0 Å². The molecule has 98 valence electrons. The van der Waals surface area contributed by atoms with Gasteiger partial charge in [0.15, 0.2) is 0 Å². The van der Waals surface area contributed by atoms with Crippen molar-refractivity contribution >= 4 is 28.9 Å². The fourth-order valence-electron chi connectivity index (χ4n) is 1.59. The summed E-state index contributed by atoms with van der Waals surface area (Å²) in [5, 5.41) is 2.75. The number of thiophene rings is 1. The van der Waals surface area contributed by atoms with E-state index in [4.69, 9.17) is 0 Å². The van der Waals surface area contributed by atoms with E-state index in [9.17, 15) is 9.59 Å². The standard InChI is InChI=1S/C14H13NO3S/c1-9-6-7-12(19-9)13(16)15-11-5-3-4-10(8-11)14(17)18-2/h3-8H,1-2H3,(H,15,16). The molecule has 1 aromatic heterocycles. The van der Waals surface area contributed by atoms with Crippen molar-refractivity contribution < 1.29 is 14.3 Å². The predicted octanol–water partition coefficient (Wildman–Crippen LogP) is 3.10. The Morgan fingerprint density at radius 2 is 2.00 bits per heavy atom. The zero-order valence-electron chi connectivity index (χ0n) is 10.6. The summed E-state index contributed by atoms with van der Waals surface area (Å²) in [5.41, 5.74) is 0.974. The van der Waals surface area contributed by atoms with Crippen molar-refractivity contribution in [1.29, 1.82) is 0 Å². The number of esters is 1. The topological polar surface area (TPSA) is 55.4 Å². The van der Waals surface area contributed by atoms with E-state index in [-0.39, 0.29) is 5.91 Å². The zero-order valence-corrected chi connectivity index (χ0v) is 11.4. The van der Waals surface area contributed by atoms with Gasteiger partial charge >= 0.3 is 5.97 Å². The van der Waals surface area contributed by atoms with E-state index in [0.717, 1.165) is 4.88 Å². The van der Waals surface area contributed by atoms with Gasteiger partial charge in [0.25, 0.3) is 5.91 Å². The van der Waals surface area contributed by atoms with Gasteiger partial charge in [0.1, 0.15) is 0 Å². The summed E-state index contributed by atoms with van der Waals surface area (Å²) in [6.45, 7) is 1.94. The van der Waals surface area contributed by atoms with Crippen molar-refractivity contribution in [3.05, 3.63) is 51.7 Å². The first-order valence-electron chi connectivity index (χ1n) is 5.66. The molecule has 0 aliphatic carbocycles. The summed E-state index contributed by atoms with van der Waals surface area (Å²) in [6, 6.07) is 10.3. The molecule has 5 heteroatoms. The molecule has 4 nitrogen and oxygen atoms in total. The minimum Gasteiger partial charge on any atom is -0.465 e. The van der Waals surface area contributed by atoms with E-state index in [1.165, 1.54) is 18.4 Å². The Morgan fingerprint density at radius 1 is 1.21 bits per heavy atom. The number of benzene rings is 1. The number of carbonyl (C=O) groups excluding carboxylic acids is 2. The van der Waals surface area contributed by atoms with Crippen LogP contribution in [0.1, 0.15) is 24.9 Å². The number of anilines is 1. The predicted molar refractivity (Wildman–Crippen MR) is 74.8 cm³/mol. The Kier molecular flexibility index (Phi) is 3.97. The number of carbonyl (C=O) groups is 2. The molecule has 2 rings (SSSR count). The highest BCUT2D eigenvalue weighted by molar-refractivity contribution is 7.14. The maximum atomic E-state index is 12.0. The van der Waals surface area contributed by atoms with Gasteiger partial charge in [0.05, 0.1) is 17.6 Å². The van der Waals surface area contributed by atoms with Crippen molar-refractivity contribution in [3.8, 4) is 0 Å². The summed E-state index contributed by atoms with van der Waals surface area (Å²) in [5.74, 6) is -0.608. The fraction of sp³-hybridized carbons (Fsp3) is 0.143. The molecule has 0 radical (unpaired) electrons. The molecule has 0 aliphatic rings. The molecule has 0 unspecified atom stereocenters. The third kappa shape index (κ3) is 3.20. The molecule has 1 heterocycles. The van der Waals surface area contributed by atoms with Crippen LogP contribution in [-0.4, -0.2) is 19.0 Å². The molecule has 0 fully saturated rings. The molecule has 1 N–H and O–H groups in total. The van der Waals surface area contributed by atoms with Gasteiger partial charge in [-0.15, -0.1) is 11.3 Å². The highest BCUT2D eigenvalue weighted by atomic mass is 32.1. The molecule has 0 bridgehead atoms. The molecule has 2 aromatic rings. The van der Waals surface area contributed by atoms with Crippen molar-refractivity contribution in [2.75, 3.05) is 12.4 Å². The smallest absolute Gasteiger partial charge is 0.337 e. The average Bonchev–Trinajstić information content (AvgIpc) is 2.85. The molecule has 1 aromatic carbocycles. The lowest BCUT2D eigenvalue weighted by atomic mass is 10.2. The van der Waals surface area contributed by atoms with Crippen molar-refractivity contribution in [3.63, 3.8) is 0 Å². The van der Waals surface area contributed by atoms with Crippen molar-refractivity contribution in [2.45, 2.75) is 6.92 Å². The van der Waals surface area contributed by atoms with Gasteiger partial charge in [0.2, 0.25) is 0 Å². The molecular weight excluding hydrogens is 262 g/mol. The average molecular weight is 275 g/mol. The zero-order chi connectivity index (χ0) is 13.8. The minimum absolute atomic E-state index is 0.180. The molecule has 1 amide bonds. The normalized spacial score (nSPS) is 10.0. The van der Waals surface area contributed by atoms with Gasteiger partial charge in [-0.3, -0.25) is 4.79 Å². The minimum atomic E-state index is -0.428. The molecular formula is C14H13NO3S. The Balaban J connectivity index is 2.15. The number of amides is 1. The van der Waals surface area contributed by atoms with Crippen LogP contribution in [0, 0.1) is 6.92 Å². The van der Waals surface area contributed by atoms with Crippen LogP contribution < -0.4 is 5.32 Å². The summed E-state index contributed by atoms with van der Waals surface area (Å²) in [6.07, 6.45) is 0. The Labute approximate surface area is 115 Å². The quantitative estimate of drug-likeness (QED) is 0.876. The third-order valence-electron chi connectivity index (χ3n) is 2.51. The van der Waals surface area contributed by atoms with Crippen LogP contribution >= 0.6 is 11.3 Å². The summed E-state index contributed by atoms with van der Waals surface area (Å²) in [4.78, 5) is 25.1. The lowest BCUT2D eigenvalue weighted by Gasteiger charge is -2.05. The van der Waals surface area contributed by atoms with Crippen LogP contribution in [0.4, 0.5) is 5.69 Å². The molecule has 0 saturated carbocycles. The maximum Gasteiger partial charge on any atom is 0.337 e. The molecule has 0 atom stereocenters. The van der Waals surface area contributed by atoms with Crippen LogP contribution in [-0.2, 0) is 4.74 Å². The highest BCUT2D eigenvalue weighted by Crippen LogP contribution is 2.18. The van der Waals surface area contributed by atoms with Crippen molar-refractivity contribution in [1.82, 2.24) is 0 Å². The Bertz CT molecular complexity index is 619. The monoisotopic (exact) mass is 275 g/mol. The second kappa shape index (κ2) is 5.67. The number of nitrogens with one attached hydrogen (secondary N) is 1. The number of ether oxygens (including phenoxy) is 1. The van der Waals surface area contributed by atoms with E-state index in [2.05, 4.69) is 10.1 Å². The van der Waals surface area contributed by atoms with E-state index >= 15 is 0 Å². The second-order valence-corrected chi connectivity index (χ2v) is 5.22. The molecule has 19 heavy (non-hydrogen) atoms. The van der Waals surface area contributed by atoms with Crippen LogP contribution in [0.2, 0.25) is 0 Å². The molecule has 0 spiro atoms. The van der Waals surface area contributed by atoms with E-state index in [0.29, 0.717) is 16.1 Å². The Morgan fingerprint density at radius 3 is 2.63 bits per heavy atom. The molecule has 0 saturated heterocycles. The number of hydrogen-bond donors (Lipinski definition) is 1. The van der Waals surface area contributed by atoms with Crippen molar-refractivity contribution in [2.24, 2.45) is 0 Å². The Hall–Kier alpha value is -2.14. The number of hydrogen-bond acceptors (Lipinski definition) is 4. The number of methoxy groups -OCH3 is 1. The lowest BCUT2D eigenvalue weighted by Crippen LogP contribution is -2.11. The van der Waals surface area contributed by atoms with Crippen LogP contribution in [0.25, 0.3) is 0 Å². The highest BCUT2D eigenvalue weighted by Gasteiger charge is 2.10. The third-order valence-corrected chi connectivity index (χ3v) is 3.51. The summed E-state index contributed by atoms with van der Waals surface area (Å²) < 4.78 is 4.63. The maximum absolute atomic E-state index is 12.0. The molecule has 0 aliphatic heterocycles. The van der Waals surface area contributed by atoms with Crippen LogP contribution in [0.5, 0.6) is 0 Å². The van der Waals surface area contributed by atoms with Crippen LogP contribution in [0.3, 0.4) is 0 Å². The second-order valence-electron chi connectivity index (χ2n) is 3.94.